The predicted molar refractivity (Wildman–Crippen MR) is 44.8 cm³/mol. The molecule has 2 N–H and O–H groups in total. The van der Waals surface area contributed by atoms with Gasteiger partial charge < -0.3 is 10.2 Å². The molecule has 1 aliphatic carbocycles. The summed E-state index contributed by atoms with van der Waals surface area (Å²) in [6.07, 6.45) is 3.27. The van der Waals surface area contributed by atoms with Crippen molar-refractivity contribution in [3.05, 3.63) is 0 Å². The van der Waals surface area contributed by atoms with Crippen LogP contribution in [0.1, 0.15) is 32.6 Å². The van der Waals surface area contributed by atoms with Gasteiger partial charge in [0.15, 0.2) is 0 Å². The van der Waals surface area contributed by atoms with Gasteiger partial charge in [-0.05, 0) is 32.1 Å². The first-order valence-corrected chi connectivity index (χ1v) is 4.43. The van der Waals surface area contributed by atoms with Gasteiger partial charge in [0.1, 0.15) is 0 Å². The van der Waals surface area contributed by atoms with E-state index in [1.165, 1.54) is 0 Å². The summed E-state index contributed by atoms with van der Waals surface area (Å²) in [7, 11) is 0. The normalized spacial score (nSPS) is 36.3. The summed E-state index contributed by atoms with van der Waals surface area (Å²) < 4.78 is 0. The standard InChI is InChI=1S/C9H16O3/c1-9(8(11)12)4-2-3-7(5-9)6-10/h7,10H,2-6H2,1H3,(H,11,12). The quantitative estimate of drug-likeness (QED) is 0.659. The molecular weight excluding hydrogens is 156 g/mol. The molecule has 1 fully saturated rings. The van der Waals surface area contributed by atoms with Crippen molar-refractivity contribution in [1.82, 2.24) is 0 Å². The Hall–Kier alpha value is -0.570. The van der Waals surface area contributed by atoms with Gasteiger partial charge in [0.2, 0.25) is 0 Å². The van der Waals surface area contributed by atoms with Gasteiger partial charge in [-0.25, -0.2) is 0 Å². The van der Waals surface area contributed by atoms with Crippen LogP contribution in [0.3, 0.4) is 0 Å². The molecule has 0 heterocycles. The van der Waals surface area contributed by atoms with Gasteiger partial charge in [-0.2, -0.15) is 0 Å². The molecule has 3 heteroatoms. The highest BCUT2D eigenvalue weighted by Crippen LogP contribution is 2.38. The molecule has 2 unspecified atom stereocenters. The van der Waals surface area contributed by atoms with Crippen molar-refractivity contribution >= 4 is 5.97 Å². The SMILES string of the molecule is CC1(C(=O)O)CCCC(CO)C1. The van der Waals surface area contributed by atoms with Crippen LogP contribution in [0.2, 0.25) is 0 Å². The molecule has 0 aliphatic heterocycles. The summed E-state index contributed by atoms with van der Waals surface area (Å²) in [6.45, 7) is 1.90. The van der Waals surface area contributed by atoms with Gasteiger partial charge in [0.25, 0.3) is 0 Å². The van der Waals surface area contributed by atoms with E-state index in [2.05, 4.69) is 0 Å². The molecule has 2 atom stereocenters. The maximum atomic E-state index is 10.9. The van der Waals surface area contributed by atoms with Gasteiger partial charge in [-0.1, -0.05) is 6.42 Å². The minimum Gasteiger partial charge on any atom is -0.481 e. The van der Waals surface area contributed by atoms with Gasteiger partial charge in [-0.15, -0.1) is 0 Å². The number of carboxylic acids is 1. The van der Waals surface area contributed by atoms with Crippen LogP contribution in [0.15, 0.2) is 0 Å². The van der Waals surface area contributed by atoms with E-state index >= 15 is 0 Å². The summed E-state index contributed by atoms with van der Waals surface area (Å²) in [6, 6.07) is 0. The van der Waals surface area contributed by atoms with Gasteiger partial charge in [-0.3, -0.25) is 4.79 Å². The fraction of sp³-hybridized carbons (Fsp3) is 0.889. The van der Waals surface area contributed by atoms with Crippen LogP contribution in [0.4, 0.5) is 0 Å². The van der Waals surface area contributed by atoms with E-state index in [0.29, 0.717) is 6.42 Å². The number of rotatable bonds is 2. The Morgan fingerprint density at radius 3 is 2.83 bits per heavy atom. The maximum absolute atomic E-state index is 10.9. The average molecular weight is 172 g/mol. The lowest BCUT2D eigenvalue weighted by Gasteiger charge is -2.33. The van der Waals surface area contributed by atoms with Crippen LogP contribution in [0, 0.1) is 11.3 Å². The molecule has 3 nitrogen and oxygen atoms in total. The molecule has 0 bridgehead atoms. The summed E-state index contributed by atoms with van der Waals surface area (Å²) in [5.41, 5.74) is -0.592. The van der Waals surface area contributed by atoms with Crippen molar-refractivity contribution < 1.29 is 15.0 Å². The molecule has 1 saturated carbocycles. The Balaban J connectivity index is 2.61. The molecule has 12 heavy (non-hydrogen) atoms. The zero-order valence-electron chi connectivity index (χ0n) is 7.42. The summed E-state index contributed by atoms with van der Waals surface area (Å²) in [5, 5.41) is 17.8. The molecule has 0 amide bonds. The van der Waals surface area contributed by atoms with Crippen molar-refractivity contribution in [3.63, 3.8) is 0 Å². The van der Waals surface area contributed by atoms with E-state index in [0.717, 1.165) is 19.3 Å². The van der Waals surface area contributed by atoms with Crippen LogP contribution in [0.5, 0.6) is 0 Å². The van der Waals surface area contributed by atoms with Crippen molar-refractivity contribution in [1.29, 1.82) is 0 Å². The number of aliphatic carboxylic acids is 1. The Labute approximate surface area is 72.4 Å². The maximum Gasteiger partial charge on any atom is 0.309 e. The van der Waals surface area contributed by atoms with E-state index in [9.17, 15) is 4.79 Å². The summed E-state index contributed by atoms with van der Waals surface area (Å²) in [5.74, 6) is -0.527. The molecule has 0 aromatic carbocycles. The van der Waals surface area contributed by atoms with E-state index in [4.69, 9.17) is 10.2 Å². The van der Waals surface area contributed by atoms with Gasteiger partial charge >= 0.3 is 5.97 Å². The predicted octanol–water partition coefficient (Wildman–Crippen LogP) is 1.26. The minimum absolute atomic E-state index is 0.128. The number of aliphatic hydroxyl groups is 1. The zero-order chi connectivity index (χ0) is 9.19. The molecule has 0 aromatic rings. The minimum atomic E-state index is -0.722. The monoisotopic (exact) mass is 172 g/mol. The highest BCUT2D eigenvalue weighted by molar-refractivity contribution is 5.74. The van der Waals surface area contributed by atoms with E-state index in [1.807, 2.05) is 0 Å². The fourth-order valence-electron chi connectivity index (χ4n) is 1.97. The van der Waals surface area contributed by atoms with Crippen molar-refractivity contribution in [2.45, 2.75) is 32.6 Å². The summed E-state index contributed by atoms with van der Waals surface area (Å²) in [4.78, 5) is 10.9. The molecule has 0 spiro atoms. The molecule has 1 rings (SSSR count). The fourth-order valence-corrected chi connectivity index (χ4v) is 1.97. The Kier molecular flexibility index (Phi) is 2.73. The largest absolute Gasteiger partial charge is 0.481 e. The Bertz CT molecular complexity index is 179. The molecule has 70 valence electrons. The molecule has 0 saturated heterocycles. The van der Waals surface area contributed by atoms with Crippen LogP contribution in [-0.2, 0) is 4.79 Å². The zero-order valence-corrected chi connectivity index (χ0v) is 7.42. The second kappa shape index (κ2) is 3.44. The van der Waals surface area contributed by atoms with E-state index in [1.54, 1.807) is 6.92 Å². The van der Waals surface area contributed by atoms with Gasteiger partial charge in [0, 0.05) is 6.61 Å². The average Bonchev–Trinajstić information content (AvgIpc) is 2.04. The number of hydrogen-bond donors (Lipinski definition) is 2. The molecular formula is C9H16O3. The third-order valence-corrected chi connectivity index (χ3v) is 2.85. The second-order valence-electron chi connectivity index (χ2n) is 4.01. The lowest BCUT2D eigenvalue weighted by atomic mass is 9.71. The topological polar surface area (TPSA) is 57.5 Å². The smallest absolute Gasteiger partial charge is 0.309 e. The number of aliphatic hydroxyl groups excluding tert-OH is 1. The highest BCUT2D eigenvalue weighted by atomic mass is 16.4. The second-order valence-corrected chi connectivity index (χ2v) is 4.01. The summed E-state index contributed by atoms with van der Waals surface area (Å²) >= 11 is 0. The van der Waals surface area contributed by atoms with E-state index in [-0.39, 0.29) is 12.5 Å². The number of carbonyl (C=O) groups is 1. The first kappa shape index (κ1) is 9.52. The van der Waals surface area contributed by atoms with Gasteiger partial charge in [0.05, 0.1) is 5.41 Å². The number of carboxylic acid groups (broad SMARTS) is 1. The van der Waals surface area contributed by atoms with Crippen LogP contribution in [-0.4, -0.2) is 22.8 Å². The van der Waals surface area contributed by atoms with Crippen LogP contribution in [0.25, 0.3) is 0 Å². The number of hydrogen-bond acceptors (Lipinski definition) is 2. The highest BCUT2D eigenvalue weighted by Gasteiger charge is 2.38. The first-order chi connectivity index (χ1) is 5.58. The lowest BCUT2D eigenvalue weighted by molar-refractivity contribution is -0.151. The van der Waals surface area contributed by atoms with Crippen molar-refractivity contribution in [3.8, 4) is 0 Å². The third-order valence-electron chi connectivity index (χ3n) is 2.85. The molecule has 1 aliphatic rings. The molecule has 0 aromatic heterocycles. The van der Waals surface area contributed by atoms with Crippen molar-refractivity contribution in [2.24, 2.45) is 11.3 Å². The van der Waals surface area contributed by atoms with Crippen molar-refractivity contribution in [2.75, 3.05) is 6.61 Å². The molecule has 0 radical (unpaired) electrons. The lowest BCUT2D eigenvalue weighted by Crippen LogP contribution is -2.34. The first-order valence-electron chi connectivity index (χ1n) is 4.43. The van der Waals surface area contributed by atoms with Crippen LogP contribution >= 0.6 is 0 Å². The van der Waals surface area contributed by atoms with E-state index < -0.39 is 11.4 Å². The Morgan fingerprint density at radius 2 is 2.33 bits per heavy atom. The Morgan fingerprint density at radius 1 is 1.67 bits per heavy atom. The van der Waals surface area contributed by atoms with Crippen LogP contribution < -0.4 is 0 Å². The third kappa shape index (κ3) is 1.78.